The first-order valence-corrected chi connectivity index (χ1v) is 8.01. The maximum Gasteiger partial charge on any atom is 0.0888 e. The molecule has 1 atom stereocenters. The molecular weight excluding hydrogens is 250 g/mol. The molecule has 0 aliphatic heterocycles. The molecule has 114 valence electrons. The number of hydrogen-bond acceptors (Lipinski definition) is 3. The average molecular weight is 279 g/mol. The van der Waals surface area contributed by atoms with Gasteiger partial charge in [0.2, 0.25) is 0 Å². The summed E-state index contributed by atoms with van der Waals surface area (Å²) in [4.78, 5) is 0. The molecule has 2 rings (SSSR count). The molecule has 3 N–H and O–H groups in total. The Labute approximate surface area is 122 Å². The minimum Gasteiger partial charge on any atom is -0.388 e. The number of aliphatic hydroxyl groups excluding tert-OH is 1. The first kappa shape index (κ1) is 15.5. The fourth-order valence-electron chi connectivity index (χ4n) is 3.33. The van der Waals surface area contributed by atoms with Gasteiger partial charge in [0, 0.05) is 29.8 Å². The molecule has 1 aromatic heterocycles. The highest BCUT2D eigenvalue weighted by atomic mass is 16.3. The van der Waals surface area contributed by atoms with E-state index in [0.29, 0.717) is 12.6 Å². The maximum atomic E-state index is 10.9. The van der Waals surface area contributed by atoms with Crippen molar-refractivity contribution in [3.05, 3.63) is 18.0 Å². The van der Waals surface area contributed by atoms with Crippen molar-refractivity contribution in [3.63, 3.8) is 0 Å². The van der Waals surface area contributed by atoms with Crippen molar-refractivity contribution in [3.8, 4) is 0 Å². The number of hydrogen-bond donors (Lipinski definition) is 2. The highest BCUT2D eigenvalue weighted by Gasteiger charge is 2.37. The summed E-state index contributed by atoms with van der Waals surface area (Å²) in [7, 11) is 0. The van der Waals surface area contributed by atoms with Crippen LogP contribution in [-0.2, 0) is 0 Å². The van der Waals surface area contributed by atoms with Gasteiger partial charge >= 0.3 is 0 Å². The van der Waals surface area contributed by atoms with Crippen molar-refractivity contribution in [2.45, 2.75) is 70.9 Å². The van der Waals surface area contributed by atoms with Crippen LogP contribution in [0.1, 0.15) is 76.5 Å². The Morgan fingerprint density at radius 3 is 2.35 bits per heavy atom. The minimum absolute atomic E-state index is 0.161. The van der Waals surface area contributed by atoms with Gasteiger partial charge < -0.3 is 10.8 Å². The van der Waals surface area contributed by atoms with Crippen molar-refractivity contribution in [1.29, 1.82) is 0 Å². The molecular formula is C16H29N3O. The molecule has 0 spiro atoms. The first-order valence-electron chi connectivity index (χ1n) is 8.01. The Morgan fingerprint density at radius 1 is 1.25 bits per heavy atom. The lowest BCUT2D eigenvalue weighted by molar-refractivity contribution is 0.00841. The van der Waals surface area contributed by atoms with Crippen LogP contribution in [-0.4, -0.2) is 21.4 Å². The lowest BCUT2D eigenvalue weighted by Gasteiger charge is -2.38. The predicted molar refractivity (Wildman–Crippen MR) is 81.4 cm³/mol. The summed E-state index contributed by atoms with van der Waals surface area (Å²) >= 11 is 0. The van der Waals surface area contributed by atoms with E-state index in [1.807, 2.05) is 10.9 Å². The molecule has 1 aromatic rings. The van der Waals surface area contributed by atoms with Crippen molar-refractivity contribution in [2.75, 3.05) is 6.54 Å². The fourth-order valence-corrected chi connectivity index (χ4v) is 3.33. The normalized spacial score (nSPS) is 21.4. The average Bonchev–Trinajstić information content (AvgIpc) is 2.88. The molecule has 20 heavy (non-hydrogen) atoms. The Morgan fingerprint density at radius 2 is 1.85 bits per heavy atom. The summed E-state index contributed by atoms with van der Waals surface area (Å²) in [5, 5.41) is 15.2. The molecule has 1 heterocycles. The maximum absolute atomic E-state index is 10.9. The van der Waals surface area contributed by atoms with Gasteiger partial charge in [-0.25, -0.2) is 0 Å². The molecule has 1 saturated carbocycles. The van der Waals surface area contributed by atoms with E-state index in [4.69, 9.17) is 5.73 Å². The van der Waals surface area contributed by atoms with Crippen molar-refractivity contribution < 1.29 is 5.11 Å². The van der Waals surface area contributed by atoms with Crippen LogP contribution >= 0.6 is 0 Å². The standard InChI is InChI=1S/C16H29N3O/c1-13(2)19-11-14(10-18-19)15(20)16(12-17)8-6-4-3-5-7-9-16/h10-11,13,15,20H,3-9,12,17H2,1-2H3. The highest BCUT2D eigenvalue weighted by Crippen LogP contribution is 2.43. The summed E-state index contributed by atoms with van der Waals surface area (Å²) in [6.45, 7) is 4.75. The number of nitrogens with zero attached hydrogens (tertiary/aromatic N) is 2. The second kappa shape index (κ2) is 6.72. The van der Waals surface area contributed by atoms with Gasteiger partial charge in [-0.1, -0.05) is 32.1 Å². The molecule has 1 fully saturated rings. The quantitative estimate of drug-likeness (QED) is 0.889. The van der Waals surface area contributed by atoms with Crippen LogP contribution in [0.4, 0.5) is 0 Å². The molecule has 0 saturated heterocycles. The van der Waals surface area contributed by atoms with Gasteiger partial charge in [0.1, 0.15) is 0 Å². The van der Waals surface area contributed by atoms with E-state index in [9.17, 15) is 5.11 Å². The molecule has 1 aliphatic rings. The Kier molecular flexibility index (Phi) is 5.22. The van der Waals surface area contributed by atoms with Gasteiger partial charge in [-0.15, -0.1) is 0 Å². The summed E-state index contributed by atoms with van der Waals surface area (Å²) < 4.78 is 1.91. The molecule has 1 aliphatic carbocycles. The van der Waals surface area contributed by atoms with Crippen molar-refractivity contribution >= 4 is 0 Å². The van der Waals surface area contributed by atoms with E-state index >= 15 is 0 Å². The van der Waals surface area contributed by atoms with Crippen LogP contribution in [0, 0.1) is 5.41 Å². The molecule has 4 heteroatoms. The highest BCUT2D eigenvalue weighted by molar-refractivity contribution is 5.13. The Bertz CT molecular complexity index is 406. The molecule has 4 nitrogen and oxygen atoms in total. The van der Waals surface area contributed by atoms with Crippen LogP contribution in [0.5, 0.6) is 0 Å². The minimum atomic E-state index is -0.488. The number of aliphatic hydroxyl groups is 1. The molecule has 0 radical (unpaired) electrons. The van der Waals surface area contributed by atoms with Crippen LogP contribution in [0.3, 0.4) is 0 Å². The summed E-state index contributed by atoms with van der Waals surface area (Å²) in [5.74, 6) is 0. The Balaban J connectivity index is 2.18. The van der Waals surface area contributed by atoms with Crippen LogP contribution in [0.15, 0.2) is 12.4 Å². The summed E-state index contributed by atoms with van der Waals surface area (Å²) in [6.07, 6.45) is 11.5. The summed E-state index contributed by atoms with van der Waals surface area (Å²) in [6, 6.07) is 0.321. The SMILES string of the molecule is CC(C)n1cc(C(O)C2(CN)CCCCCCC2)cn1. The third-order valence-electron chi connectivity index (χ3n) is 4.80. The lowest BCUT2D eigenvalue weighted by atomic mass is 9.70. The molecule has 0 aromatic carbocycles. The van der Waals surface area contributed by atoms with Gasteiger partial charge in [-0.05, 0) is 26.7 Å². The number of rotatable bonds is 4. The topological polar surface area (TPSA) is 64.1 Å². The first-order chi connectivity index (χ1) is 9.59. The van der Waals surface area contributed by atoms with E-state index in [0.717, 1.165) is 18.4 Å². The second-order valence-electron chi connectivity index (χ2n) is 6.58. The van der Waals surface area contributed by atoms with Crippen LogP contribution in [0.2, 0.25) is 0 Å². The third kappa shape index (κ3) is 3.23. The van der Waals surface area contributed by atoms with E-state index in [1.165, 1.54) is 32.1 Å². The number of nitrogens with two attached hydrogens (primary N) is 1. The van der Waals surface area contributed by atoms with Gasteiger partial charge in [0.25, 0.3) is 0 Å². The zero-order valence-electron chi connectivity index (χ0n) is 12.9. The van der Waals surface area contributed by atoms with Crippen LogP contribution in [0.25, 0.3) is 0 Å². The van der Waals surface area contributed by atoms with Crippen molar-refractivity contribution in [2.24, 2.45) is 11.1 Å². The van der Waals surface area contributed by atoms with Gasteiger partial charge in [0.05, 0.1) is 12.3 Å². The van der Waals surface area contributed by atoms with Gasteiger partial charge in [-0.3, -0.25) is 4.68 Å². The fraction of sp³-hybridized carbons (Fsp3) is 0.812. The Hall–Kier alpha value is -0.870. The zero-order chi connectivity index (χ0) is 14.6. The smallest absolute Gasteiger partial charge is 0.0888 e. The lowest BCUT2D eigenvalue weighted by Crippen LogP contribution is -2.37. The van der Waals surface area contributed by atoms with E-state index in [2.05, 4.69) is 18.9 Å². The molecule has 1 unspecified atom stereocenters. The molecule has 0 bridgehead atoms. The largest absolute Gasteiger partial charge is 0.388 e. The van der Waals surface area contributed by atoms with Gasteiger partial charge in [-0.2, -0.15) is 5.10 Å². The zero-order valence-corrected chi connectivity index (χ0v) is 12.9. The molecule has 0 amide bonds. The summed E-state index contributed by atoms with van der Waals surface area (Å²) in [5.41, 5.74) is 6.84. The van der Waals surface area contributed by atoms with Crippen LogP contribution < -0.4 is 5.73 Å². The third-order valence-corrected chi connectivity index (χ3v) is 4.80. The van der Waals surface area contributed by atoms with E-state index in [1.54, 1.807) is 6.20 Å². The van der Waals surface area contributed by atoms with E-state index in [-0.39, 0.29) is 5.41 Å². The monoisotopic (exact) mass is 279 g/mol. The predicted octanol–water partition coefficient (Wildman–Crippen LogP) is 3.19. The number of aromatic nitrogens is 2. The van der Waals surface area contributed by atoms with Gasteiger partial charge in [0.15, 0.2) is 0 Å². The van der Waals surface area contributed by atoms with Crippen molar-refractivity contribution in [1.82, 2.24) is 9.78 Å². The second-order valence-corrected chi connectivity index (χ2v) is 6.58. The van der Waals surface area contributed by atoms with E-state index < -0.39 is 6.10 Å².